The third-order valence-corrected chi connectivity index (χ3v) is 6.50. The number of nitrogens with one attached hydrogen (secondary N) is 1. The van der Waals surface area contributed by atoms with E-state index in [1.807, 2.05) is 12.1 Å². The molecule has 0 unspecified atom stereocenters. The lowest BCUT2D eigenvalue weighted by Gasteiger charge is -2.32. The lowest BCUT2D eigenvalue weighted by Crippen LogP contribution is -2.43. The Morgan fingerprint density at radius 1 is 0.903 bits per heavy atom. The van der Waals surface area contributed by atoms with E-state index >= 15 is 0 Å². The first-order chi connectivity index (χ1) is 15.1. The number of benzene rings is 2. The van der Waals surface area contributed by atoms with Crippen LogP contribution in [-0.2, 0) is 11.3 Å². The molecule has 2 amide bonds. The lowest BCUT2D eigenvalue weighted by atomic mass is 9.96. The van der Waals surface area contributed by atoms with Gasteiger partial charge in [-0.3, -0.25) is 14.5 Å². The standard InChI is InChI=1S/C25H30ClN3O2/c26-22-10-8-20(9-11-22)25(31)29-16-4-5-21(18-29)24(30)27-23-12-6-19(7-13-23)17-28-14-2-1-3-15-28/h6-13,21H,1-5,14-18H2,(H,27,30)/t21-/m1/s1. The SMILES string of the molecule is O=C(Nc1ccc(CN2CCCCC2)cc1)[C@@H]1CCCN(C(=O)c2ccc(Cl)cc2)C1. The van der Waals surface area contributed by atoms with Gasteiger partial charge in [-0.05, 0) is 80.7 Å². The Morgan fingerprint density at radius 3 is 2.32 bits per heavy atom. The number of halogens is 1. The topological polar surface area (TPSA) is 52.7 Å². The first-order valence-electron chi connectivity index (χ1n) is 11.3. The molecule has 2 aliphatic heterocycles. The van der Waals surface area contributed by atoms with Crippen LogP contribution in [0.2, 0.25) is 5.02 Å². The fourth-order valence-electron chi connectivity index (χ4n) is 4.46. The summed E-state index contributed by atoms with van der Waals surface area (Å²) in [4.78, 5) is 29.9. The van der Waals surface area contributed by atoms with Crippen LogP contribution in [0.1, 0.15) is 48.0 Å². The highest BCUT2D eigenvalue weighted by atomic mass is 35.5. The molecule has 2 fully saturated rings. The van der Waals surface area contributed by atoms with Gasteiger partial charge in [-0.25, -0.2) is 0 Å². The molecule has 0 bridgehead atoms. The monoisotopic (exact) mass is 439 g/mol. The van der Waals surface area contributed by atoms with E-state index in [0.29, 0.717) is 23.7 Å². The van der Waals surface area contributed by atoms with Gasteiger partial charge in [0.05, 0.1) is 5.92 Å². The van der Waals surface area contributed by atoms with Crippen LogP contribution in [0.5, 0.6) is 0 Å². The maximum absolute atomic E-state index is 12.8. The summed E-state index contributed by atoms with van der Waals surface area (Å²) < 4.78 is 0. The molecule has 0 radical (unpaired) electrons. The van der Waals surface area contributed by atoms with Crippen molar-refractivity contribution >= 4 is 29.1 Å². The number of piperidine rings is 2. The minimum absolute atomic E-state index is 0.0163. The van der Waals surface area contributed by atoms with Gasteiger partial charge in [0.25, 0.3) is 5.91 Å². The van der Waals surface area contributed by atoms with Crippen molar-refractivity contribution in [2.75, 3.05) is 31.5 Å². The van der Waals surface area contributed by atoms with Gasteiger partial charge in [0.1, 0.15) is 0 Å². The van der Waals surface area contributed by atoms with E-state index in [1.165, 1.54) is 37.9 Å². The molecular formula is C25H30ClN3O2. The summed E-state index contributed by atoms with van der Waals surface area (Å²) in [6, 6.07) is 15.1. The molecule has 2 aromatic rings. The van der Waals surface area contributed by atoms with E-state index in [9.17, 15) is 9.59 Å². The van der Waals surface area contributed by atoms with E-state index in [0.717, 1.165) is 25.1 Å². The summed E-state index contributed by atoms with van der Waals surface area (Å²) >= 11 is 5.92. The van der Waals surface area contributed by atoms with Crippen LogP contribution in [0.3, 0.4) is 0 Å². The number of carbonyl (C=O) groups excluding carboxylic acids is 2. The van der Waals surface area contributed by atoms with Gasteiger partial charge in [0, 0.05) is 35.9 Å². The molecular weight excluding hydrogens is 410 g/mol. The largest absolute Gasteiger partial charge is 0.338 e. The van der Waals surface area contributed by atoms with E-state index in [1.54, 1.807) is 29.2 Å². The molecule has 2 saturated heterocycles. The molecule has 164 valence electrons. The molecule has 4 rings (SSSR count). The molecule has 31 heavy (non-hydrogen) atoms. The number of amides is 2. The average molecular weight is 440 g/mol. The van der Waals surface area contributed by atoms with E-state index in [4.69, 9.17) is 11.6 Å². The molecule has 0 aliphatic carbocycles. The number of carbonyl (C=O) groups is 2. The average Bonchev–Trinajstić information content (AvgIpc) is 2.81. The second-order valence-corrected chi connectivity index (χ2v) is 9.06. The first-order valence-corrected chi connectivity index (χ1v) is 11.6. The minimum atomic E-state index is -0.196. The Morgan fingerprint density at radius 2 is 1.61 bits per heavy atom. The second kappa shape index (κ2) is 10.3. The maximum Gasteiger partial charge on any atom is 0.253 e. The molecule has 0 aromatic heterocycles. The van der Waals surface area contributed by atoms with Crippen molar-refractivity contribution in [3.63, 3.8) is 0 Å². The third kappa shape index (κ3) is 5.86. The Labute approximate surface area is 189 Å². The normalized spacial score (nSPS) is 19.8. The van der Waals surface area contributed by atoms with Crippen molar-refractivity contribution in [3.8, 4) is 0 Å². The summed E-state index contributed by atoms with van der Waals surface area (Å²) in [5.41, 5.74) is 2.69. The zero-order chi connectivity index (χ0) is 21.6. The number of nitrogens with zero attached hydrogens (tertiary/aromatic N) is 2. The molecule has 1 atom stereocenters. The van der Waals surface area contributed by atoms with Crippen LogP contribution in [-0.4, -0.2) is 47.8 Å². The Kier molecular flexibility index (Phi) is 7.25. The number of rotatable bonds is 5. The molecule has 0 saturated carbocycles. The van der Waals surface area contributed by atoms with Crippen LogP contribution < -0.4 is 5.32 Å². The van der Waals surface area contributed by atoms with Crippen molar-refractivity contribution < 1.29 is 9.59 Å². The van der Waals surface area contributed by atoms with Crippen molar-refractivity contribution in [1.29, 1.82) is 0 Å². The molecule has 2 aliphatic rings. The van der Waals surface area contributed by atoms with Crippen molar-refractivity contribution in [3.05, 3.63) is 64.7 Å². The number of hydrogen-bond donors (Lipinski definition) is 1. The third-order valence-electron chi connectivity index (χ3n) is 6.25. The lowest BCUT2D eigenvalue weighted by molar-refractivity contribution is -0.121. The van der Waals surface area contributed by atoms with Crippen LogP contribution in [0.25, 0.3) is 0 Å². The summed E-state index contributed by atoms with van der Waals surface area (Å²) in [6.07, 6.45) is 5.53. The molecule has 1 N–H and O–H groups in total. The van der Waals surface area contributed by atoms with Gasteiger partial charge in [-0.15, -0.1) is 0 Å². The Bertz CT molecular complexity index is 892. The summed E-state index contributed by atoms with van der Waals surface area (Å²) in [6.45, 7) is 4.44. The van der Waals surface area contributed by atoms with Gasteiger partial charge in [-0.1, -0.05) is 30.2 Å². The van der Waals surface area contributed by atoms with Gasteiger partial charge < -0.3 is 10.2 Å². The smallest absolute Gasteiger partial charge is 0.253 e. The van der Waals surface area contributed by atoms with Crippen molar-refractivity contribution in [1.82, 2.24) is 9.80 Å². The van der Waals surface area contributed by atoms with Gasteiger partial charge >= 0.3 is 0 Å². The van der Waals surface area contributed by atoms with Gasteiger partial charge in [-0.2, -0.15) is 0 Å². The zero-order valence-corrected chi connectivity index (χ0v) is 18.6. The number of anilines is 1. The fourth-order valence-corrected chi connectivity index (χ4v) is 4.59. The Hall–Kier alpha value is -2.37. The van der Waals surface area contributed by atoms with E-state index < -0.39 is 0 Å². The summed E-state index contributed by atoms with van der Waals surface area (Å²) in [5, 5.41) is 3.65. The first kappa shape index (κ1) is 21.8. The fraction of sp³-hybridized carbons (Fsp3) is 0.440. The van der Waals surface area contributed by atoms with Crippen LogP contribution in [0.15, 0.2) is 48.5 Å². The van der Waals surface area contributed by atoms with Gasteiger partial charge in [0.15, 0.2) is 0 Å². The highest BCUT2D eigenvalue weighted by molar-refractivity contribution is 6.30. The second-order valence-electron chi connectivity index (χ2n) is 8.62. The molecule has 6 heteroatoms. The van der Waals surface area contributed by atoms with Crippen molar-refractivity contribution in [2.24, 2.45) is 5.92 Å². The minimum Gasteiger partial charge on any atom is -0.338 e. The maximum atomic E-state index is 12.8. The quantitative estimate of drug-likeness (QED) is 0.726. The predicted molar refractivity (Wildman–Crippen MR) is 124 cm³/mol. The number of likely N-dealkylation sites (tertiary alicyclic amines) is 2. The molecule has 0 spiro atoms. The van der Waals surface area contributed by atoms with Crippen LogP contribution >= 0.6 is 11.6 Å². The molecule has 2 aromatic carbocycles. The van der Waals surface area contributed by atoms with Gasteiger partial charge in [0.2, 0.25) is 5.91 Å². The Balaban J connectivity index is 1.31. The van der Waals surface area contributed by atoms with Crippen LogP contribution in [0, 0.1) is 5.92 Å². The van der Waals surface area contributed by atoms with E-state index in [-0.39, 0.29) is 17.7 Å². The van der Waals surface area contributed by atoms with E-state index in [2.05, 4.69) is 22.3 Å². The highest BCUT2D eigenvalue weighted by Gasteiger charge is 2.29. The zero-order valence-electron chi connectivity index (χ0n) is 17.9. The molecule has 5 nitrogen and oxygen atoms in total. The molecule has 2 heterocycles. The van der Waals surface area contributed by atoms with Crippen molar-refractivity contribution in [2.45, 2.75) is 38.6 Å². The van der Waals surface area contributed by atoms with Crippen LogP contribution in [0.4, 0.5) is 5.69 Å². The summed E-state index contributed by atoms with van der Waals surface area (Å²) in [7, 11) is 0. The number of hydrogen-bond acceptors (Lipinski definition) is 3. The summed E-state index contributed by atoms with van der Waals surface area (Å²) in [5.74, 6) is -0.258. The predicted octanol–water partition coefficient (Wildman–Crippen LogP) is 4.82. The highest BCUT2D eigenvalue weighted by Crippen LogP contribution is 2.22.